The van der Waals surface area contributed by atoms with Gasteiger partial charge in [-0.3, -0.25) is 0 Å². The summed E-state index contributed by atoms with van der Waals surface area (Å²) in [6.45, 7) is 1.82. The molecule has 2 aromatic carbocycles. The lowest BCUT2D eigenvalue weighted by Crippen LogP contribution is -2.22. The fourth-order valence-electron chi connectivity index (χ4n) is 2.03. The second kappa shape index (κ2) is 6.60. The maximum Gasteiger partial charge on any atom is 0.418 e. The average Bonchev–Trinajstić information content (AvgIpc) is 2.47. The van der Waals surface area contributed by atoms with Crippen LogP contribution < -0.4 is 15.4 Å². The van der Waals surface area contributed by atoms with E-state index in [-0.39, 0.29) is 5.69 Å². The third-order valence-electron chi connectivity index (χ3n) is 3.08. The van der Waals surface area contributed by atoms with Gasteiger partial charge >= 0.3 is 12.2 Å². The standard InChI is InChI=1S/C16H15F3N2O2/c1-10-7-8-14(23-2)13(9-10)21-15(22)20-12-6-4-3-5-11(12)16(17,18)19/h3-9H,1-2H3,(H2,20,21,22). The number of ether oxygens (including phenoxy) is 1. The molecular formula is C16H15F3N2O2. The van der Waals surface area contributed by atoms with Crippen molar-refractivity contribution in [1.82, 2.24) is 0 Å². The van der Waals surface area contributed by atoms with Crippen LogP contribution in [0.2, 0.25) is 0 Å². The van der Waals surface area contributed by atoms with E-state index in [0.29, 0.717) is 11.4 Å². The monoisotopic (exact) mass is 324 g/mol. The van der Waals surface area contributed by atoms with Crippen molar-refractivity contribution >= 4 is 17.4 Å². The van der Waals surface area contributed by atoms with Crippen molar-refractivity contribution < 1.29 is 22.7 Å². The average molecular weight is 324 g/mol. The van der Waals surface area contributed by atoms with Crippen LogP contribution in [0.15, 0.2) is 42.5 Å². The van der Waals surface area contributed by atoms with Crippen LogP contribution in [0.4, 0.5) is 29.3 Å². The van der Waals surface area contributed by atoms with Gasteiger partial charge in [-0.1, -0.05) is 18.2 Å². The lowest BCUT2D eigenvalue weighted by atomic mass is 10.1. The summed E-state index contributed by atoms with van der Waals surface area (Å²) < 4.78 is 43.8. The third-order valence-corrected chi connectivity index (χ3v) is 3.08. The Morgan fingerprint density at radius 2 is 1.70 bits per heavy atom. The summed E-state index contributed by atoms with van der Waals surface area (Å²) in [5, 5.41) is 4.70. The molecule has 0 aliphatic rings. The predicted octanol–water partition coefficient (Wildman–Crippen LogP) is 4.67. The van der Waals surface area contributed by atoms with Gasteiger partial charge in [0.1, 0.15) is 5.75 Å². The van der Waals surface area contributed by atoms with Gasteiger partial charge in [-0.15, -0.1) is 0 Å². The van der Waals surface area contributed by atoms with E-state index < -0.39 is 17.8 Å². The fourth-order valence-corrected chi connectivity index (χ4v) is 2.03. The van der Waals surface area contributed by atoms with Gasteiger partial charge in [-0.05, 0) is 36.8 Å². The van der Waals surface area contributed by atoms with Gasteiger partial charge in [0, 0.05) is 0 Å². The van der Waals surface area contributed by atoms with Gasteiger partial charge in [0.05, 0.1) is 24.0 Å². The van der Waals surface area contributed by atoms with Crippen molar-refractivity contribution in [3.63, 3.8) is 0 Å². The molecule has 0 saturated heterocycles. The highest BCUT2D eigenvalue weighted by atomic mass is 19.4. The van der Waals surface area contributed by atoms with Crippen LogP contribution in [-0.4, -0.2) is 13.1 Å². The van der Waals surface area contributed by atoms with E-state index in [0.717, 1.165) is 11.6 Å². The molecule has 0 aromatic heterocycles. The molecule has 2 rings (SSSR count). The quantitative estimate of drug-likeness (QED) is 0.862. The molecule has 0 radical (unpaired) electrons. The van der Waals surface area contributed by atoms with Crippen LogP contribution >= 0.6 is 0 Å². The first-order chi connectivity index (χ1) is 10.8. The van der Waals surface area contributed by atoms with Crippen molar-refractivity contribution in [2.24, 2.45) is 0 Å². The van der Waals surface area contributed by atoms with Gasteiger partial charge in [0.15, 0.2) is 0 Å². The fraction of sp³-hybridized carbons (Fsp3) is 0.188. The Morgan fingerprint density at radius 3 is 2.35 bits per heavy atom. The van der Waals surface area contributed by atoms with Gasteiger partial charge in [0.2, 0.25) is 0 Å². The number of hydrogen-bond acceptors (Lipinski definition) is 2. The molecule has 2 amide bonds. The number of methoxy groups -OCH3 is 1. The number of nitrogens with one attached hydrogen (secondary N) is 2. The van der Waals surface area contributed by atoms with E-state index >= 15 is 0 Å². The Hall–Kier alpha value is -2.70. The summed E-state index contributed by atoms with van der Waals surface area (Å²) in [6.07, 6.45) is -4.55. The zero-order valence-corrected chi connectivity index (χ0v) is 12.5. The first-order valence-electron chi connectivity index (χ1n) is 6.70. The summed E-state index contributed by atoms with van der Waals surface area (Å²) in [7, 11) is 1.44. The Labute approximate surface area is 131 Å². The van der Waals surface area contributed by atoms with Crippen LogP contribution in [0.25, 0.3) is 0 Å². The first-order valence-corrected chi connectivity index (χ1v) is 6.70. The smallest absolute Gasteiger partial charge is 0.418 e. The number of carbonyl (C=O) groups is 1. The van der Waals surface area contributed by atoms with Crippen molar-refractivity contribution in [2.75, 3.05) is 17.7 Å². The summed E-state index contributed by atoms with van der Waals surface area (Å²) in [4.78, 5) is 12.0. The van der Waals surface area contributed by atoms with E-state index in [1.54, 1.807) is 18.2 Å². The normalized spacial score (nSPS) is 11.0. The minimum atomic E-state index is -4.55. The molecule has 0 fully saturated rings. The molecule has 0 bridgehead atoms. The number of halogens is 3. The maximum atomic E-state index is 12.9. The number of aryl methyl sites for hydroxylation is 1. The number of urea groups is 1. The molecule has 0 aliphatic heterocycles. The lowest BCUT2D eigenvalue weighted by Gasteiger charge is -2.15. The molecule has 23 heavy (non-hydrogen) atoms. The molecule has 4 nitrogen and oxygen atoms in total. The Bertz CT molecular complexity index is 715. The second-order valence-corrected chi connectivity index (χ2v) is 4.83. The summed E-state index contributed by atoms with van der Waals surface area (Å²) in [6, 6.07) is 9.10. The molecule has 0 heterocycles. The summed E-state index contributed by atoms with van der Waals surface area (Å²) >= 11 is 0. The number of para-hydroxylation sites is 1. The van der Waals surface area contributed by atoms with E-state index in [2.05, 4.69) is 10.6 Å². The zero-order valence-electron chi connectivity index (χ0n) is 12.5. The van der Waals surface area contributed by atoms with Crippen molar-refractivity contribution in [1.29, 1.82) is 0 Å². The number of rotatable bonds is 3. The predicted molar refractivity (Wildman–Crippen MR) is 81.8 cm³/mol. The third kappa shape index (κ3) is 4.15. The highest BCUT2D eigenvalue weighted by Crippen LogP contribution is 2.34. The summed E-state index contributed by atoms with van der Waals surface area (Å²) in [5.74, 6) is 0.412. The minimum absolute atomic E-state index is 0.316. The molecule has 0 unspecified atom stereocenters. The first kappa shape index (κ1) is 16.7. The van der Waals surface area contributed by atoms with Crippen LogP contribution in [0, 0.1) is 6.92 Å². The molecule has 122 valence electrons. The highest BCUT2D eigenvalue weighted by Gasteiger charge is 2.33. The van der Waals surface area contributed by atoms with Crippen LogP contribution in [0.5, 0.6) is 5.75 Å². The van der Waals surface area contributed by atoms with Crippen LogP contribution in [-0.2, 0) is 6.18 Å². The number of alkyl halides is 3. The zero-order chi connectivity index (χ0) is 17.0. The summed E-state index contributed by atoms with van der Waals surface area (Å²) in [5.41, 5.74) is 0.0155. The number of hydrogen-bond donors (Lipinski definition) is 2. The van der Waals surface area contributed by atoms with E-state index in [9.17, 15) is 18.0 Å². The molecule has 7 heteroatoms. The molecule has 0 aliphatic carbocycles. The lowest BCUT2D eigenvalue weighted by molar-refractivity contribution is -0.136. The van der Waals surface area contributed by atoms with Crippen LogP contribution in [0.3, 0.4) is 0 Å². The highest BCUT2D eigenvalue weighted by molar-refractivity contribution is 6.01. The Balaban J connectivity index is 2.20. The van der Waals surface area contributed by atoms with Crippen molar-refractivity contribution in [3.05, 3.63) is 53.6 Å². The molecule has 0 saturated carbocycles. The number of carbonyl (C=O) groups excluding carboxylic acids is 1. The molecule has 0 atom stereocenters. The van der Waals surface area contributed by atoms with E-state index in [4.69, 9.17) is 4.74 Å². The Kier molecular flexibility index (Phi) is 4.78. The molecule has 0 spiro atoms. The second-order valence-electron chi connectivity index (χ2n) is 4.83. The minimum Gasteiger partial charge on any atom is -0.495 e. The number of benzene rings is 2. The van der Waals surface area contributed by atoms with Gasteiger partial charge in [0.25, 0.3) is 0 Å². The van der Waals surface area contributed by atoms with Crippen LogP contribution in [0.1, 0.15) is 11.1 Å². The molecular weight excluding hydrogens is 309 g/mol. The van der Waals surface area contributed by atoms with Crippen molar-refractivity contribution in [2.45, 2.75) is 13.1 Å². The number of anilines is 2. The largest absolute Gasteiger partial charge is 0.495 e. The molecule has 2 N–H and O–H groups in total. The van der Waals surface area contributed by atoms with Gasteiger partial charge in [-0.25, -0.2) is 4.79 Å². The van der Waals surface area contributed by atoms with E-state index in [1.807, 2.05) is 6.92 Å². The SMILES string of the molecule is COc1ccc(C)cc1NC(=O)Nc1ccccc1C(F)(F)F. The van der Waals surface area contributed by atoms with Crippen molar-refractivity contribution in [3.8, 4) is 5.75 Å². The number of amides is 2. The molecule has 2 aromatic rings. The van der Waals surface area contributed by atoms with E-state index in [1.165, 1.54) is 25.3 Å². The van der Waals surface area contributed by atoms with Gasteiger partial charge < -0.3 is 15.4 Å². The van der Waals surface area contributed by atoms with Gasteiger partial charge in [-0.2, -0.15) is 13.2 Å². The topological polar surface area (TPSA) is 50.4 Å². The maximum absolute atomic E-state index is 12.9. The Morgan fingerprint density at radius 1 is 1.04 bits per heavy atom.